The lowest BCUT2D eigenvalue weighted by Gasteiger charge is -2.34. The van der Waals surface area contributed by atoms with Crippen LogP contribution in [0.15, 0.2) is 23.8 Å². The van der Waals surface area contributed by atoms with Gasteiger partial charge < -0.3 is 14.8 Å². The fourth-order valence-electron chi connectivity index (χ4n) is 2.48. The van der Waals surface area contributed by atoms with E-state index in [1.165, 1.54) is 24.4 Å². The SMILES string of the molecule is COc1cnc(NC(=O)NCC2(C)OCCc3sccc32)nc1. The van der Waals surface area contributed by atoms with Crippen molar-refractivity contribution in [2.24, 2.45) is 0 Å². The number of urea groups is 1. The number of rotatable bonds is 4. The smallest absolute Gasteiger partial charge is 0.321 e. The molecule has 0 saturated carbocycles. The Morgan fingerprint density at radius 2 is 2.26 bits per heavy atom. The monoisotopic (exact) mass is 334 g/mol. The van der Waals surface area contributed by atoms with Gasteiger partial charge in [0, 0.05) is 11.3 Å². The third-order valence-corrected chi connectivity index (χ3v) is 4.72. The molecule has 0 spiro atoms. The van der Waals surface area contributed by atoms with E-state index in [1.54, 1.807) is 11.3 Å². The molecule has 1 aliphatic rings. The van der Waals surface area contributed by atoms with Gasteiger partial charge in [0.1, 0.15) is 5.60 Å². The van der Waals surface area contributed by atoms with E-state index >= 15 is 0 Å². The molecule has 3 rings (SSSR count). The highest BCUT2D eigenvalue weighted by atomic mass is 32.1. The summed E-state index contributed by atoms with van der Waals surface area (Å²) in [6.45, 7) is 3.02. The third-order valence-electron chi connectivity index (χ3n) is 3.74. The van der Waals surface area contributed by atoms with Crippen molar-refractivity contribution in [1.29, 1.82) is 0 Å². The van der Waals surface area contributed by atoms with E-state index in [-0.39, 0.29) is 12.0 Å². The van der Waals surface area contributed by atoms with Crippen LogP contribution in [0, 0.1) is 0 Å². The van der Waals surface area contributed by atoms with Gasteiger partial charge in [-0.2, -0.15) is 0 Å². The zero-order chi connectivity index (χ0) is 16.3. The molecule has 0 aromatic carbocycles. The number of ether oxygens (including phenoxy) is 2. The number of hydrogen-bond acceptors (Lipinski definition) is 6. The van der Waals surface area contributed by atoms with Gasteiger partial charge in [0.15, 0.2) is 5.75 Å². The Morgan fingerprint density at radius 3 is 3.00 bits per heavy atom. The Balaban J connectivity index is 1.59. The van der Waals surface area contributed by atoms with Gasteiger partial charge in [0.2, 0.25) is 5.95 Å². The highest BCUT2D eigenvalue weighted by molar-refractivity contribution is 7.10. The number of methoxy groups -OCH3 is 1. The summed E-state index contributed by atoms with van der Waals surface area (Å²) in [6, 6.07) is 1.69. The molecule has 1 atom stereocenters. The van der Waals surface area contributed by atoms with Crippen LogP contribution in [0.1, 0.15) is 17.4 Å². The van der Waals surface area contributed by atoms with E-state index in [1.807, 2.05) is 6.92 Å². The van der Waals surface area contributed by atoms with Gasteiger partial charge in [-0.3, -0.25) is 5.32 Å². The predicted octanol–water partition coefficient (Wildman–Crippen LogP) is 2.16. The first-order valence-corrected chi connectivity index (χ1v) is 8.10. The second kappa shape index (κ2) is 6.51. The highest BCUT2D eigenvalue weighted by Gasteiger charge is 2.34. The lowest BCUT2D eigenvalue weighted by atomic mass is 9.93. The summed E-state index contributed by atoms with van der Waals surface area (Å²) >= 11 is 1.73. The molecular formula is C15H18N4O3S. The van der Waals surface area contributed by atoms with Crippen LogP contribution in [0.3, 0.4) is 0 Å². The van der Waals surface area contributed by atoms with Crippen molar-refractivity contribution in [2.75, 3.05) is 25.6 Å². The number of aromatic nitrogens is 2. The Labute approximate surface area is 138 Å². The summed E-state index contributed by atoms with van der Waals surface area (Å²) in [5.74, 6) is 0.748. The molecule has 0 saturated heterocycles. The number of nitrogens with one attached hydrogen (secondary N) is 2. The summed E-state index contributed by atoms with van der Waals surface area (Å²) in [5, 5.41) is 7.46. The number of carbonyl (C=O) groups excluding carboxylic acids is 1. The molecular weight excluding hydrogens is 316 g/mol. The van der Waals surface area contributed by atoms with Gasteiger partial charge in [-0.25, -0.2) is 14.8 Å². The van der Waals surface area contributed by atoms with Crippen LogP contribution in [-0.4, -0.2) is 36.3 Å². The first-order chi connectivity index (χ1) is 11.1. The van der Waals surface area contributed by atoms with Gasteiger partial charge in [-0.15, -0.1) is 11.3 Å². The molecule has 3 heterocycles. The number of anilines is 1. The van der Waals surface area contributed by atoms with Crippen LogP contribution in [0.4, 0.5) is 10.7 Å². The van der Waals surface area contributed by atoms with Crippen molar-refractivity contribution in [3.63, 3.8) is 0 Å². The molecule has 23 heavy (non-hydrogen) atoms. The molecule has 1 unspecified atom stereocenters. The van der Waals surface area contributed by atoms with Crippen molar-refractivity contribution in [2.45, 2.75) is 18.9 Å². The minimum atomic E-state index is -0.508. The van der Waals surface area contributed by atoms with Crippen molar-refractivity contribution in [3.05, 3.63) is 34.3 Å². The van der Waals surface area contributed by atoms with E-state index in [2.05, 4.69) is 32.0 Å². The van der Waals surface area contributed by atoms with Gasteiger partial charge in [0.05, 0.1) is 32.7 Å². The van der Waals surface area contributed by atoms with E-state index in [0.29, 0.717) is 18.9 Å². The summed E-state index contributed by atoms with van der Waals surface area (Å²) in [6.07, 6.45) is 3.91. The van der Waals surface area contributed by atoms with Crippen LogP contribution in [0.5, 0.6) is 5.75 Å². The van der Waals surface area contributed by atoms with Gasteiger partial charge in [-0.1, -0.05) is 0 Å². The van der Waals surface area contributed by atoms with E-state index in [0.717, 1.165) is 12.0 Å². The van der Waals surface area contributed by atoms with Crippen LogP contribution < -0.4 is 15.4 Å². The Hall–Kier alpha value is -2.19. The molecule has 2 aromatic heterocycles. The minimum absolute atomic E-state index is 0.217. The zero-order valence-corrected chi connectivity index (χ0v) is 13.8. The fourth-order valence-corrected chi connectivity index (χ4v) is 3.46. The number of fused-ring (bicyclic) bond motifs is 1. The maximum Gasteiger partial charge on any atom is 0.321 e. The standard InChI is InChI=1S/C15H18N4O3S/c1-15(11-4-6-23-12(11)3-5-22-15)9-18-14(20)19-13-16-7-10(21-2)8-17-13/h4,6-8H,3,5,9H2,1-2H3,(H2,16,17,18,19,20). The van der Waals surface area contributed by atoms with Crippen molar-refractivity contribution in [3.8, 4) is 5.75 Å². The van der Waals surface area contributed by atoms with E-state index < -0.39 is 5.60 Å². The molecule has 0 fully saturated rings. The molecule has 122 valence electrons. The van der Waals surface area contributed by atoms with Crippen molar-refractivity contribution < 1.29 is 14.3 Å². The predicted molar refractivity (Wildman–Crippen MR) is 86.9 cm³/mol. The Morgan fingerprint density at radius 1 is 1.48 bits per heavy atom. The average molecular weight is 334 g/mol. The molecule has 1 aliphatic heterocycles. The quantitative estimate of drug-likeness (QED) is 0.895. The molecule has 7 nitrogen and oxygen atoms in total. The molecule has 2 amide bonds. The van der Waals surface area contributed by atoms with Crippen LogP contribution >= 0.6 is 11.3 Å². The second-order valence-electron chi connectivity index (χ2n) is 5.34. The first-order valence-electron chi connectivity index (χ1n) is 7.22. The normalized spacial score (nSPS) is 19.7. The van der Waals surface area contributed by atoms with E-state index in [4.69, 9.17) is 9.47 Å². The van der Waals surface area contributed by atoms with Gasteiger partial charge in [-0.05, 0) is 23.9 Å². The van der Waals surface area contributed by atoms with Crippen LogP contribution in [0.25, 0.3) is 0 Å². The number of thiophene rings is 1. The van der Waals surface area contributed by atoms with E-state index in [9.17, 15) is 4.79 Å². The fraction of sp³-hybridized carbons (Fsp3) is 0.400. The summed E-state index contributed by atoms with van der Waals surface area (Å²) in [4.78, 5) is 21.3. The number of carbonyl (C=O) groups is 1. The second-order valence-corrected chi connectivity index (χ2v) is 6.34. The molecule has 2 aromatic rings. The van der Waals surface area contributed by atoms with Crippen molar-refractivity contribution >= 4 is 23.3 Å². The van der Waals surface area contributed by atoms with Gasteiger partial charge >= 0.3 is 6.03 Å². The number of nitrogens with zero attached hydrogens (tertiary/aromatic N) is 2. The minimum Gasteiger partial charge on any atom is -0.494 e. The van der Waals surface area contributed by atoms with Crippen LogP contribution in [0.2, 0.25) is 0 Å². The number of amides is 2. The molecule has 2 N–H and O–H groups in total. The third kappa shape index (κ3) is 3.43. The number of hydrogen-bond donors (Lipinski definition) is 2. The molecule has 8 heteroatoms. The Bertz CT molecular complexity index is 688. The lowest BCUT2D eigenvalue weighted by molar-refractivity contribution is -0.0416. The van der Waals surface area contributed by atoms with Crippen LogP contribution in [-0.2, 0) is 16.8 Å². The lowest BCUT2D eigenvalue weighted by Crippen LogP contribution is -2.44. The largest absolute Gasteiger partial charge is 0.494 e. The zero-order valence-electron chi connectivity index (χ0n) is 13.0. The molecule has 0 aliphatic carbocycles. The topological polar surface area (TPSA) is 85.4 Å². The summed E-state index contributed by atoms with van der Waals surface area (Å²) < 4.78 is 10.9. The Kier molecular flexibility index (Phi) is 4.44. The average Bonchev–Trinajstić information content (AvgIpc) is 3.04. The summed E-state index contributed by atoms with van der Waals surface area (Å²) in [7, 11) is 1.53. The first kappa shape index (κ1) is 15.7. The maximum absolute atomic E-state index is 12.0. The van der Waals surface area contributed by atoms with Crippen molar-refractivity contribution in [1.82, 2.24) is 15.3 Å². The highest BCUT2D eigenvalue weighted by Crippen LogP contribution is 2.35. The maximum atomic E-state index is 12.0. The van der Waals surface area contributed by atoms with Gasteiger partial charge in [0.25, 0.3) is 0 Å². The molecule has 0 bridgehead atoms. The molecule has 0 radical (unpaired) electrons. The summed E-state index contributed by atoms with van der Waals surface area (Å²) in [5.41, 5.74) is 0.640.